The molecule has 0 saturated carbocycles. The largest absolute Gasteiger partial charge is 0.352 e. The molecule has 2 rings (SSSR count). The van der Waals surface area contributed by atoms with Crippen molar-refractivity contribution in [1.82, 2.24) is 10.3 Å². The zero-order chi connectivity index (χ0) is 15.9. The second-order valence-corrected chi connectivity index (χ2v) is 5.21. The van der Waals surface area contributed by atoms with Crippen molar-refractivity contribution in [2.24, 2.45) is 0 Å². The van der Waals surface area contributed by atoms with E-state index in [0.29, 0.717) is 6.54 Å². The molecule has 0 aliphatic heterocycles. The highest BCUT2D eigenvalue weighted by molar-refractivity contribution is 5.94. The molecule has 1 aromatic heterocycles. The van der Waals surface area contributed by atoms with Gasteiger partial charge < -0.3 is 10.3 Å². The Bertz CT molecular complexity index is 690. The summed E-state index contributed by atoms with van der Waals surface area (Å²) in [4.78, 5) is 27.0. The third kappa shape index (κ3) is 3.85. The molecule has 1 amide bonds. The minimum Gasteiger partial charge on any atom is -0.352 e. The Kier molecular flexibility index (Phi) is 5.53. The Hall–Kier alpha value is -2.36. The molecule has 0 spiro atoms. The number of H-pyrrole nitrogens is 1. The van der Waals surface area contributed by atoms with E-state index in [1.807, 2.05) is 44.2 Å². The molecule has 0 radical (unpaired) electrons. The van der Waals surface area contributed by atoms with Gasteiger partial charge in [0.2, 0.25) is 0 Å². The molecule has 0 saturated heterocycles. The predicted molar refractivity (Wildman–Crippen MR) is 88.3 cm³/mol. The second-order valence-electron chi connectivity index (χ2n) is 5.21. The maximum Gasteiger partial charge on any atom is 0.261 e. The lowest BCUT2D eigenvalue weighted by atomic mass is 10.1. The SMILES string of the molecule is CCc1cc(C(=O)NCCc2ccccc2)c(=O)[nH]c1CC. The zero-order valence-corrected chi connectivity index (χ0v) is 13.1. The standard InChI is InChI=1S/C18H22N2O2/c1-3-14-12-15(18(22)20-16(14)4-2)17(21)19-11-10-13-8-6-5-7-9-13/h5-9,12H,3-4,10-11H2,1-2H3,(H,19,21)(H,20,22). The number of rotatable bonds is 6. The third-order valence-corrected chi connectivity index (χ3v) is 3.74. The number of carbonyl (C=O) groups is 1. The molecule has 22 heavy (non-hydrogen) atoms. The topological polar surface area (TPSA) is 62.0 Å². The molecule has 4 nitrogen and oxygen atoms in total. The number of nitrogens with one attached hydrogen (secondary N) is 2. The average molecular weight is 298 g/mol. The number of pyridine rings is 1. The number of hydrogen-bond donors (Lipinski definition) is 2. The van der Waals surface area contributed by atoms with Gasteiger partial charge in [-0.3, -0.25) is 9.59 Å². The van der Waals surface area contributed by atoms with E-state index in [1.54, 1.807) is 6.07 Å². The van der Waals surface area contributed by atoms with Crippen LogP contribution in [0.1, 0.15) is 41.0 Å². The number of aromatic nitrogens is 1. The Balaban J connectivity index is 2.05. The van der Waals surface area contributed by atoms with Crippen LogP contribution in [0, 0.1) is 0 Å². The van der Waals surface area contributed by atoms with E-state index in [9.17, 15) is 9.59 Å². The quantitative estimate of drug-likeness (QED) is 0.860. The van der Waals surface area contributed by atoms with E-state index < -0.39 is 0 Å². The molecule has 0 atom stereocenters. The smallest absolute Gasteiger partial charge is 0.261 e. The van der Waals surface area contributed by atoms with Crippen LogP contribution < -0.4 is 10.9 Å². The van der Waals surface area contributed by atoms with Crippen LogP contribution in [0.2, 0.25) is 0 Å². The molecular weight excluding hydrogens is 276 g/mol. The summed E-state index contributed by atoms with van der Waals surface area (Å²) >= 11 is 0. The second kappa shape index (κ2) is 7.59. The van der Waals surface area contributed by atoms with Gasteiger partial charge in [0.1, 0.15) is 5.56 Å². The number of aromatic amines is 1. The minimum atomic E-state index is -0.314. The Morgan fingerprint density at radius 1 is 1.14 bits per heavy atom. The van der Waals surface area contributed by atoms with Gasteiger partial charge in [0.25, 0.3) is 11.5 Å². The fraction of sp³-hybridized carbons (Fsp3) is 0.333. The van der Waals surface area contributed by atoms with E-state index in [-0.39, 0.29) is 17.0 Å². The lowest BCUT2D eigenvalue weighted by Crippen LogP contribution is -2.31. The summed E-state index contributed by atoms with van der Waals surface area (Å²) in [7, 11) is 0. The lowest BCUT2D eigenvalue weighted by Gasteiger charge is -2.09. The average Bonchev–Trinajstić information content (AvgIpc) is 2.55. The zero-order valence-electron chi connectivity index (χ0n) is 13.1. The molecular formula is C18H22N2O2. The van der Waals surface area contributed by atoms with Gasteiger partial charge in [-0.05, 0) is 36.5 Å². The van der Waals surface area contributed by atoms with Gasteiger partial charge in [0, 0.05) is 12.2 Å². The van der Waals surface area contributed by atoms with Crippen molar-refractivity contribution in [1.29, 1.82) is 0 Å². The molecule has 1 heterocycles. The predicted octanol–water partition coefficient (Wildman–Crippen LogP) is 2.47. The van der Waals surface area contributed by atoms with E-state index in [2.05, 4.69) is 10.3 Å². The Morgan fingerprint density at radius 3 is 2.50 bits per heavy atom. The van der Waals surface area contributed by atoms with Gasteiger partial charge in [-0.2, -0.15) is 0 Å². The summed E-state index contributed by atoms with van der Waals surface area (Å²) in [6.07, 6.45) is 2.30. The maximum atomic E-state index is 12.2. The first-order chi connectivity index (χ1) is 10.7. The molecule has 0 bridgehead atoms. The normalized spacial score (nSPS) is 10.5. The molecule has 0 fully saturated rings. The number of aryl methyl sites for hydroxylation is 2. The molecule has 0 aliphatic carbocycles. The van der Waals surface area contributed by atoms with Crippen LogP contribution in [0.25, 0.3) is 0 Å². The van der Waals surface area contributed by atoms with Crippen molar-refractivity contribution in [2.75, 3.05) is 6.54 Å². The van der Waals surface area contributed by atoms with Gasteiger partial charge in [-0.1, -0.05) is 44.2 Å². The van der Waals surface area contributed by atoms with Crippen LogP contribution in [0.4, 0.5) is 0 Å². The summed E-state index contributed by atoms with van der Waals surface area (Å²) in [5.41, 5.74) is 2.98. The van der Waals surface area contributed by atoms with Crippen molar-refractivity contribution in [3.05, 3.63) is 69.1 Å². The number of hydrogen-bond acceptors (Lipinski definition) is 2. The van der Waals surface area contributed by atoms with Crippen LogP contribution in [0.5, 0.6) is 0 Å². The van der Waals surface area contributed by atoms with Crippen molar-refractivity contribution in [3.8, 4) is 0 Å². The monoisotopic (exact) mass is 298 g/mol. The maximum absolute atomic E-state index is 12.2. The van der Waals surface area contributed by atoms with E-state index in [4.69, 9.17) is 0 Å². The number of benzene rings is 1. The lowest BCUT2D eigenvalue weighted by molar-refractivity contribution is 0.0952. The Morgan fingerprint density at radius 2 is 1.86 bits per heavy atom. The van der Waals surface area contributed by atoms with Gasteiger partial charge in [0.15, 0.2) is 0 Å². The molecule has 4 heteroatoms. The van der Waals surface area contributed by atoms with Crippen LogP contribution in [-0.2, 0) is 19.3 Å². The summed E-state index contributed by atoms with van der Waals surface area (Å²) in [6, 6.07) is 11.7. The summed E-state index contributed by atoms with van der Waals surface area (Å²) in [5.74, 6) is -0.311. The Labute approximate surface area is 130 Å². The fourth-order valence-corrected chi connectivity index (χ4v) is 2.47. The van der Waals surface area contributed by atoms with Crippen LogP contribution in [0.3, 0.4) is 0 Å². The first-order valence-electron chi connectivity index (χ1n) is 7.72. The molecule has 0 aliphatic rings. The highest BCUT2D eigenvalue weighted by atomic mass is 16.2. The van der Waals surface area contributed by atoms with Crippen molar-refractivity contribution in [3.63, 3.8) is 0 Å². The molecule has 0 unspecified atom stereocenters. The third-order valence-electron chi connectivity index (χ3n) is 3.74. The van der Waals surface area contributed by atoms with Crippen LogP contribution >= 0.6 is 0 Å². The van der Waals surface area contributed by atoms with Gasteiger partial charge in [-0.15, -0.1) is 0 Å². The van der Waals surface area contributed by atoms with E-state index in [1.165, 1.54) is 0 Å². The number of carbonyl (C=O) groups excluding carboxylic acids is 1. The van der Waals surface area contributed by atoms with Crippen molar-refractivity contribution >= 4 is 5.91 Å². The van der Waals surface area contributed by atoms with Crippen LogP contribution in [0.15, 0.2) is 41.2 Å². The van der Waals surface area contributed by atoms with Gasteiger partial charge >= 0.3 is 0 Å². The first-order valence-corrected chi connectivity index (χ1v) is 7.72. The number of amides is 1. The summed E-state index contributed by atoms with van der Waals surface area (Å²) in [5, 5.41) is 2.82. The molecule has 2 N–H and O–H groups in total. The molecule has 1 aromatic carbocycles. The van der Waals surface area contributed by atoms with Gasteiger partial charge in [-0.25, -0.2) is 0 Å². The van der Waals surface area contributed by atoms with Crippen LogP contribution in [-0.4, -0.2) is 17.4 Å². The van der Waals surface area contributed by atoms with Crippen molar-refractivity contribution in [2.45, 2.75) is 33.1 Å². The fourth-order valence-electron chi connectivity index (χ4n) is 2.47. The van der Waals surface area contributed by atoms with E-state index in [0.717, 1.165) is 36.1 Å². The first kappa shape index (κ1) is 16.0. The highest BCUT2D eigenvalue weighted by Crippen LogP contribution is 2.08. The molecule has 2 aromatic rings. The van der Waals surface area contributed by atoms with Gasteiger partial charge in [0.05, 0.1) is 0 Å². The summed E-state index contributed by atoms with van der Waals surface area (Å²) < 4.78 is 0. The highest BCUT2D eigenvalue weighted by Gasteiger charge is 2.13. The minimum absolute atomic E-state index is 0.196. The molecule has 116 valence electrons. The summed E-state index contributed by atoms with van der Waals surface area (Å²) in [6.45, 7) is 4.52. The van der Waals surface area contributed by atoms with Crippen molar-refractivity contribution < 1.29 is 4.79 Å². The van der Waals surface area contributed by atoms with E-state index >= 15 is 0 Å².